The lowest BCUT2D eigenvalue weighted by Crippen LogP contribution is -2.45. The van der Waals surface area contributed by atoms with Gasteiger partial charge in [-0.05, 0) is 57.8 Å². The summed E-state index contributed by atoms with van der Waals surface area (Å²) in [7, 11) is 0. The second kappa shape index (κ2) is 71.8. The fourth-order valence-corrected chi connectivity index (χ4v) is 12.0. The third-order valence-corrected chi connectivity index (χ3v) is 17.7. The summed E-state index contributed by atoms with van der Waals surface area (Å²) < 4.78 is 5.48. The van der Waals surface area contributed by atoms with Gasteiger partial charge < -0.3 is 20.3 Å². The van der Waals surface area contributed by atoms with Crippen molar-refractivity contribution < 1.29 is 24.5 Å². The molecule has 0 spiro atoms. The molecule has 0 fully saturated rings. The highest BCUT2D eigenvalue weighted by Crippen LogP contribution is 2.19. The van der Waals surface area contributed by atoms with Crippen molar-refractivity contribution in [2.75, 3.05) is 13.2 Å². The van der Waals surface area contributed by atoms with E-state index in [9.17, 15) is 19.8 Å². The molecule has 2 unspecified atom stereocenters. The van der Waals surface area contributed by atoms with Gasteiger partial charge in [0.25, 0.3) is 0 Å². The van der Waals surface area contributed by atoms with E-state index in [1.54, 1.807) is 6.08 Å². The molecule has 1 amide bonds. The van der Waals surface area contributed by atoms with E-state index in [0.717, 1.165) is 38.5 Å². The van der Waals surface area contributed by atoms with Gasteiger partial charge >= 0.3 is 5.97 Å². The number of hydrogen-bond donors (Lipinski definition) is 3. The molecule has 0 heterocycles. The summed E-state index contributed by atoms with van der Waals surface area (Å²) in [6.45, 7) is 4.95. The first-order chi connectivity index (χ1) is 40.5. The van der Waals surface area contributed by atoms with Gasteiger partial charge in [-0.1, -0.05) is 378 Å². The number of amides is 1. The fourth-order valence-electron chi connectivity index (χ4n) is 12.0. The minimum atomic E-state index is -0.845. The Morgan fingerprint density at radius 1 is 0.329 bits per heavy atom. The quantitative estimate of drug-likeness (QED) is 0.0320. The van der Waals surface area contributed by atoms with Crippen LogP contribution < -0.4 is 5.32 Å². The van der Waals surface area contributed by atoms with Gasteiger partial charge in [-0.2, -0.15) is 0 Å². The Morgan fingerprint density at radius 2 is 0.573 bits per heavy atom. The third-order valence-electron chi connectivity index (χ3n) is 17.7. The summed E-state index contributed by atoms with van der Waals surface area (Å²) in [4.78, 5) is 24.6. The molecule has 0 aliphatic carbocycles. The van der Waals surface area contributed by atoms with Crippen molar-refractivity contribution in [2.24, 2.45) is 0 Å². The van der Waals surface area contributed by atoms with Crippen LogP contribution in [0.2, 0.25) is 0 Å². The molecule has 0 aromatic heterocycles. The van der Waals surface area contributed by atoms with Crippen molar-refractivity contribution in [3.8, 4) is 0 Å². The molecule has 0 rings (SSSR count). The summed E-state index contributed by atoms with van der Waals surface area (Å²) in [6, 6.07) is -0.628. The number of allylic oxidation sites excluding steroid dienone is 3. The molecular weight excluding hydrogens is 1010 g/mol. The number of unbranched alkanes of at least 4 members (excludes halogenated alkanes) is 58. The molecule has 0 saturated heterocycles. The predicted molar refractivity (Wildman–Crippen MR) is 361 cm³/mol. The second-order valence-electron chi connectivity index (χ2n) is 26.0. The monoisotopic (exact) mass is 1150 g/mol. The molecule has 0 aliphatic rings. The van der Waals surface area contributed by atoms with E-state index in [0.29, 0.717) is 19.4 Å². The number of carbonyl (C=O) groups is 2. The molecule has 0 bridgehead atoms. The van der Waals surface area contributed by atoms with E-state index >= 15 is 0 Å². The number of rotatable bonds is 71. The van der Waals surface area contributed by atoms with E-state index in [2.05, 4.69) is 31.3 Å². The van der Waals surface area contributed by atoms with E-state index in [1.165, 1.54) is 360 Å². The molecule has 2 atom stereocenters. The van der Waals surface area contributed by atoms with E-state index in [-0.39, 0.29) is 18.5 Å². The van der Waals surface area contributed by atoms with Crippen LogP contribution in [-0.4, -0.2) is 47.4 Å². The zero-order valence-corrected chi connectivity index (χ0v) is 55.8. The Labute approximate surface area is 513 Å². The first-order valence-electron chi connectivity index (χ1n) is 37.6. The zero-order valence-electron chi connectivity index (χ0n) is 55.8. The van der Waals surface area contributed by atoms with Crippen LogP contribution in [0.1, 0.15) is 425 Å². The largest absolute Gasteiger partial charge is 0.466 e. The van der Waals surface area contributed by atoms with Crippen molar-refractivity contribution in [3.05, 3.63) is 24.3 Å². The van der Waals surface area contributed by atoms with Crippen LogP contribution in [0.4, 0.5) is 0 Å². The van der Waals surface area contributed by atoms with E-state index in [1.807, 2.05) is 6.08 Å². The minimum Gasteiger partial charge on any atom is -0.466 e. The molecule has 0 radical (unpaired) electrons. The molecule has 0 saturated carbocycles. The summed E-state index contributed by atoms with van der Waals surface area (Å²) in [5.74, 6) is -0.0445. The predicted octanol–water partition coefficient (Wildman–Crippen LogP) is 24.5. The Bertz CT molecular complexity index is 1280. The van der Waals surface area contributed by atoms with Crippen LogP contribution >= 0.6 is 0 Å². The van der Waals surface area contributed by atoms with E-state index < -0.39 is 12.1 Å². The Hall–Kier alpha value is -1.66. The number of hydrogen-bond acceptors (Lipinski definition) is 5. The Morgan fingerprint density at radius 3 is 0.866 bits per heavy atom. The number of ether oxygens (including phenoxy) is 1. The Balaban J connectivity index is 3.40. The summed E-state index contributed by atoms with van der Waals surface area (Å²) in [6.07, 6.45) is 91.4. The summed E-state index contributed by atoms with van der Waals surface area (Å²) in [5, 5.41) is 23.3. The van der Waals surface area contributed by atoms with Gasteiger partial charge in [0.2, 0.25) is 5.91 Å². The zero-order chi connectivity index (χ0) is 59.2. The maximum atomic E-state index is 12.5. The Kier molecular flexibility index (Phi) is 70.4. The van der Waals surface area contributed by atoms with Crippen LogP contribution in [0, 0.1) is 0 Å². The van der Waals surface area contributed by atoms with Crippen molar-refractivity contribution in [3.63, 3.8) is 0 Å². The number of aliphatic hydroxyl groups excluding tert-OH is 2. The van der Waals surface area contributed by atoms with Gasteiger partial charge in [0.05, 0.1) is 25.4 Å². The molecule has 82 heavy (non-hydrogen) atoms. The molecule has 6 heteroatoms. The van der Waals surface area contributed by atoms with Gasteiger partial charge in [-0.3, -0.25) is 9.59 Å². The summed E-state index contributed by atoms with van der Waals surface area (Å²) >= 11 is 0. The van der Waals surface area contributed by atoms with Crippen LogP contribution in [0.25, 0.3) is 0 Å². The maximum absolute atomic E-state index is 12.5. The minimum absolute atomic E-state index is 0.0177. The average Bonchev–Trinajstić information content (AvgIpc) is 3.48. The average molecular weight is 1160 g/mol. The lowest BCUT2D eigenvalue weighted by Gasteiger charge is -2.20. The standard InChI is InChI=1S/C76H147NO5/c1-3-5-7-9-11-13-15-17-18-19-20-21-22-30-33-36-39-42-45-48-52-56-60-64-68-74(79)73(72-78)77-75(80)69-65-61-57-53-49-46-43-40-37-34-31-28-26-24-23-25-27-29-32-35-38-41-44-47-51-55-59-63-67-71-82-76(81)70-66-62-58-54-50-16-14-12-10-8-6-4-2/h23,25,64,68,73-74,78-79H,3-22,24,26-63,65-67,69-72H2,1-2H3,(H,77,80)/b25-23-,68-64+. The van der Waals surface area contributed by atoms with Gasteiger partial charge in [-0.15, -0.1) is 0 Å². The first-order valence-corrected chi connectivity index (χ1v) is 37.6. The number of esters is 1. The molecule has 3 N–H and O–H groups in total. The number of nitrogens with one attached hydrogen (secondary N) is 1. The molecule has 486 valence electrons. The highest BCUT2D eigenvalue weighted by molar-refractivity contribution is 5.76. The molecule has 0 aromatic carbocycles. The molecule has 0 aliphatic heterocycles. The lowest BCUT2D eigenvalue weighted by atomic mass is 10.0. The highest BCUT2D eigenvalue weighted by atomic mass is 16.5. The lowest BCUT2D eigenvalue weighted by molar-refractivity contribution is -0.143. The second-order valence-corrected chi connectivity index (χ2v) is 26.0. The maximum Gasteiger partial charge on any atom is 0.305 e. The normalized spacial score (nSPS) is 12.6. The van der Waals surface area contributed by atoms with Crippen LogP contribution in [0.3, 0.4) is 0 Å². The van der Waals surface area contributed by atoms with Crippen molar-refractivity contribution in [1.82, 2.24) is 5.32 Å². The first kappa shape index (κ1) is 80.3. The van der Waals surface area contributed by atoms with E-state index in [4.69, 9.17) is 4.74 Å². The summed E-state index contributed by atoms with van der Waals surface area (Å²) in [5.41, 5.74) is 0. The van der Waals surface area contributed by atoms with Crippen molar-refractivity contribution >= 4 is 11.9 Å². The van der Waals surface area contributed by atoms with Crippen LogP contribution in [0.5, 0.6) is 0 Å². The van der Waals surface area contributed by atoms with Crippen molar-refractivity contribution in [2.45, 2.75) is 437 Å². The van der Waals surface area contributed by atoms with Crippen LogP contribution in [0.15, 0.2) is 24.3 Å². The van der Waals surface area contributed by atoms with Crippen LogP contribution in [-0.2, 0) is 14.3 Å². The van der Waals surface area contributed by atoms with Gasteiger partial charge in [0.15, 0.2) is 0 Å². The van der Waals surface area contributed by atoms with Gasteiger partial charge in [0.1, 0.15) is 0 Å². The van der Waals surface area contributed by atoms with Gasteiger partial charge in [-0.25, -0.2) is 0 Å². The van der Waals surface area contributed by atoms with Gasteiger partial charge in [0, 0.05) is 12.8 Å². The third kappa shape index (κ3) is 67.5. The molecule has 0 aromatic rings. The SMILES string of the molecule is CCCCCCCCCCCCCCCCCCCCCCCC/C=C/C(O)C(CO)NC(=O)CCCCCCCCCCCCCCC/C=C\CCCCCCCCCCCCCCOC(=O)CCCCCCCCCCCCCC. The van der Waals surface area contributed by atoms with Crippen molar-refractivity contribution in [1.29, 1.82) is 0 Å². The smallest absolute Gasteiger partial charge is 0.305 e. The fraction of sp³-hybridized carbons (Fsp3) is 0.921. The highest BCUT2D eigenvalue weighted by Gasteiger charge is 2.18. The number of carbonyl (C=O) groups excluding carboxylic acids is 2. The number of aliphatic hydroxyl groups is 2. The molecular formula is C76H147NO5. The molecule has 6 nitrogen and oxygen atoms in total. The topological polar surface area (TPSA) is 95.9 Å².